The van der Waals surface area contributed by atoms with Gasteiger partial charge in [0.05, 0.1) is 32.5 Å². The number of ether oxygens (including phenoxy) is 2. The van der Waals surface area contributed by atoms with Crippen LogP contribution < -0.4 is 20.3 Å². The highest BCUT2D eigenvalue weighted by Gasteiger charge is 2.16. The highest BCUT2D eigenvalue weighted by atomic mass is 35.5. The summed E-state index contributed by atoms with van der Waals surface area (Å²) in [5.41, 5.74) is 1.40. The van der Waals surface area contributed by atoms with E-state index in [1.165, 1.54) is 14.2 Å². The molecule has 154 valence electrons. The number of hydrogen-bond acceptors (Lipinski definition) is 5. The average molecular weight is 421 g/mol. The highest BCUT2D eigenvalue weighted by molar-refractivity contribution is 6.31. The first kappa shape index (κ1) is 22.2. The Kier molecular flexibility index (Phi) is 7.99. The van der Waals surface area contributed by atoms with Crippen LogP contribution in [0, 0.1) is 0 Å². The summed E-state index contributed by atoms with van der Waals surface area (Å²) in [6.45, 7) is 0.156. The van der Waals surface area contributed by atoms with Crippen LogP contribution in [0.4, 0.5) is 11.4 Å². The predicted molar refractivity (Wildman–Crippen MR) is 110 cm³/mol. The first-order valence-corrected chi connectivity index (χ1v) is 9.13. The third kappa shape index (κ3) is 6.78. The van der Waals surface area contributed by atoms with E-state index in [0.29, 0.717) is 32.6 Å². The Morgan fingerprint density at radius 2 is 1.59 bits per heavy atom. The third-order valence-electron chi connectivity index (χ3n) is 3.95. The molecule has 2 amide bonds. The summed E-state index contributed by atoms with van der Waals surface area (Å²) < 4.78 is 9.82. The van der Waals surface area contributed by atoms with Gasteiger partial charge in [0.25, 0.3) is 11.8 Å². The molecule has 29 heavy (non-hydrogen) atoms. The van der Waals surface area contributed by atoms with Crippen molar-refractivity contribution in [3.05, 3.63) is 53.1 Å². The molecule has 1 unspecified atom stereocenters. The van der Waals surface area contributed by atoms with Gasteiger partial charge in [-0.1, -0.05) is 11.6 Å². The van der Waals surface area contributed by atoms with Gasteiger partial charge < -0.3 is 25.0 Å². The van der Waals surface area contributed by atoms with Gasteiger partial charge in [0.1, 0.15) is 5.75 Å². The maximum atomic E-state index is 12.3. The first-order chi connectivity index (χ1) is 13.8. The van der Waals surface area contributed by atoms with Crippen molar-refractivity contribution in [2.45, 2.75) is 0 Å². The van der Waals surface area contributed by atoms with Crippen LogP contribution in [0.5, 0.6) is 5.75 Å². The summed E-state index contributed by atoms with van der Waals surface area (Å²) >= 11 is 5.95. The first-order valence-electron chi connectivity index (χ1n) is 8.75. The van der Waals surface area contributed by atoms with Crippen LogP contribution in [0.3, 0.4) is 0 Å². The quantitative estimate of drug-likeness (QED) is 0.558. The molecular weight excluding hydrogens is 398 g/mol. The molecule has 0 spiro atoms. The summed E-state index contributed by atoms with van der Waals surface area (Å²) in [6, 6.07) is 11.3. The molecule has 2 aromatic rings. The fraction of sp³-hybridized carbons (Fsp3) is 0.250. The summed E-state index contributed by atoms with van der Waals surface area (Å²) in [6.07, 6.45) is 0. The second-order valence-corrected chi connectivity index (χ2v) is 6.76. The summed E-state index contributed by atoms with van der Waals surface area (Å²) in [7, 11) is 4.53. The number of carbonyl (C=O) groups is 3. The van der Waals surface area contributed by atoms with Crippen molar-refractivity contribution in [1.82, 2.24) is 0 Å². The van der Waals surface area contributed by atoms with Gasteiger partial charge in [-0.3, -0.25) is 9.59 Å². The number of quaternary nitrogens is 1. The van der Waals surface area contributed by atoms with E-state index < -0.39 is 5.97 Å². The largest absolute Gasteiger partial charge is 0.495 e. The minimum atomic E-state index is -0.450. The van der Waals surface area contributed by atoms with Crippen molar-refractivity contribution in [1.29, 1.82) is 0 Å². The van der Waals surface area contributed by atoms with Gasteiger partial charge in [0.2, 0.25) is 0 Å². The van der Waals surface area contributed by atoms with Gasteiger partial charge in [-0.15, -0.1) is 0 Å². The van der Waals surface area contributed by atoms with E-state index in [0.717, 1.165) is 0 Å². The number of rotatable bonds is 8. The molecule has 2 rings (SSSR count). The summed E-state index contributed by atoms with van der Waals surface area (Å²) in [4.78, 5) is 36.6. The highest BCUT2D eigenvalue weighted by Crippen LogP contribution is 2.27. The molecule has 0 bridgehead atoms. The number of anilines is 2. The lowest BCUT2D eigenvalue weighted by Crippen LogP contribution is -3.11. The Labute approximate surface area is 173 Å². The Hall–Kier alpha value is -3.10. The number of benzene rings is 2. The molecule has 0 aliphatic carbocycles. The second kappa shape index (κ2) is 10.4. The number of methoxy groups -OCH3 is 2. The van der Waals surface area contributed by atoms with Crippen LogP contribution in [0.15, 0.2) is 42.5 Å². The molecule has 0 radical (unpaired) electrons. The third-order valence-corrected chi connectivity index (χ3v) is 4.19. The topological polar surface area (TPSA) is 98.2 Å². The molecule has 2 aromatic carbocycles. The molecule has 3 N–H and O–H groups in total. The van der Waals surface area contributed by atoms with Crippen LogP contribution in [-0.4, -0.2) is 52.1 Å². The molecule has 0 fully saturated rings. The zero-order chi connectivity index (χ0) is 21.4. The Balaban J connectivity index is 1.86. The lowest BCUT2D eigenvalue weighted by molar-refractivity contribution is -0.862. The van der Waals surface area contributed by atoms with Crippen LogP contribution >= 0.6 is 11.6 Å². The van der Waals surface area contributed by atoms with E-state index in [4.69, 9.17) is 16.3 Å². The van der Waals surface area contributed by atoms with Gasteiger partial charge in [-0.2, -0.15) is 0 Å². The molecule has 1 atom stereocenters. The molecule has 0 heterocycles. The number of carbonyl (C=O) groups excluding carboxylic acids is 3. The Morgan fingerprint density at radius 3 is 2.17 bits per heavy atom. The number of amides is 2. The fourth-order valence-electron chi connectivity index (χ4n) is 2.60. The standard InChI is InChI=1S/C20H22ClN3O5/c1-24(12-19(26)23-16-10-14(21)6-9-17(16)28-2)11-18(25)22-15-7-4-13(5-8-15)20(27)29-3/h4-10H,11-12H2,1-3H3,(H,22,25)(H,23,26)/p+1. The predicted octanol–water partition coefficient (Wildman–Crippen LogP) is 1.23. The lowest BCUT2D eigenvalue weighted by atomic mass is 10.2. The van der Waals surface area contributed by atoms with Crippen molar-refractivity contribution < 1.29 is 28.8 Å². The van der Waals surface area contributed by atoms with Crippen LogP contribution in [0.1, 0.15) is 10.4 Å². The van der Waals surface area contributed by atoms with E-state index in [9.17, 15) is 14.4 Å². The molecule has 0 aromatic heterocycles. The minimum Gasteiger partial charge on any atom is -0.495 e. The van der Waals surface area contributed by atoms with Crippen LogP contribution in [0.2, 0.25) is 5.02 Å². The maximum Gasteiger partial charge on any atom is 0.337 e. The smallest absolute Gasteiger partial charge is 0.337 e. The van der Waals surface area contributed by atoms with E-state index in [1.54, 1.807) is 49.5 Å². The Bertz CT molecular complexity index is 886. The van der Waals surface area contributed by atoms with Gasteiger partial charge in [-0.25, -0.2) is 4.79 Å². The van der Waals surface area contributed by atoms with Crippen molar-refractivity contribution in [3.63, 3.8) is 0 Å². The number of likely N-dealkylation sites (N-methyl/N-ethyl adjacent to an activating group) is 1. The normalized spacial score (nSPS) is 11.3. The van der Waals surface area contributed by atoms with Crippen molar-refractivity contribution >= 4 is 40.8 Å². The van der Waals surface area contributed by atoms with Crippen LogP contribution in [-0.2, 0) is 14.3 Å². The number of esters is 1. The van der Waals surface area contributed by atoms with Crippen molar-refractivity contribution in [2.75, 3.05) is 45.0 Å². The van der Waals surface area contributed by atoms with Gasteiger partial charge >= 0.3 is 5.97 Å². The molecule has 0 saturated carbocycles. The van der Waals surface area contributed by atoms with Gasteiger partial charge in [-0.05, 0) is 42.5 Å². The zero-order valence-corrected chi connectivity index (χ0v) is 17.1. The van der Waals surface area contributed by atoms with Crippen molar-refractivity contribution in [2.24, 2.45) is 0 Å². The van der Waals surface area contributed by atoms with E-state index >= 15 is 0 Å². The summed E-state index contributed by atoms with van der Waals surface area (Å²) in [5.74, 6) is -0.497. The van der Waals surface area contributed by atoms with Gasteiger partial charge in [0.15, 0.2) is 13.1 Å². The molecule has 8 nitrogen and oxygen atoms in total. The fourth-order valence-corrected chi connectivity index (χ4v) is 2.77. The zero-order valence-electron chi connectivity index (χ0n) is 16.4. The minimum absolute atomic E-state index is 0.0738. The second-order valence-electron chi connectivity index (χ2n) is 6.32. The Morgan fingerprint density at radius 1 is 0.966 bits per heavy atom. The van der Waals surface area contributed by atoms with E-state index in [2.05, 4.69) is 15.4 Å². The van der Waals surface area contributed by atoms with Crippen molar-refractivity contribution in [3.8, 4) is 5.75 Å². The molecule has 9 heteroatoms. The average Bonchev–Trinajstić information content (AvgIpc) is 2.67. The molecule has 0 saturated heterocycles. The van der Waals surface area contributed by atoms with E-state index in [-0.39, 0.29) is 24.9 Å². The van der Waals surface area contributed by atoms with Gasteiger partial charge in [0, 0.05) is 10.7 Å². The number of nitrogens with one attached hydrogen (secondary N) is 3. The lowest BCUT2D eigenvalue weighted by Gasteiger charge is -2.15. The monoisotopic (exact) mass is 420 g/mol. The maximum absolute atomic E-state index is 12.3. The SMILES string of the molecule is COC(=O)c1ccc(NC(=O)C[NH+](C)CC(=O)Nc2cc(Cl)ccc2OC)cc1. The van der Waals surface area contributed by atoms with Crippen LogP contribution in [0.25, 0.3) is 0 Å². The number of hydrogen-bond donors (Lipinski definition) is 3. The molecule has 0 aliphatic heterocycles. The molecule has 0 aliphatic rings. The summed E-state index contributed by atoms with van der Waals surface area (Å²) in [5, 5.41) is 5.93. The van der Waals surface area contributed by atoms with E-state index in [1.807, 2.05) is 0 Å². The molecular formula is C20H23ClN3O5+. The number of halogens is 1.